The van der Waals surface area contributed by atoms with E-state index in [1.165, 1.54) is 0 Å². The fourth-order valence-electron chi connectivity index (χ4n) is 0.937. The Bertz CT molecular complexity index is 259. The summed E-state index contributed by atoms with van der Waals surface area (Å²) in [5, 5.41) is 0. The van der Waals surface area contributed by atoms with Crippen LogP contribution in [0.15, 0.2) is 0 Å². The number of rotatable bonds is 2. The van der Waals surface area contributed by atoms with Crippen molar-refractivity contribution in [2.45, 2.75) is 26.7 Å². The Morgan fingerprint density at radius 3 is 2.08 bits per heavy atom. The minimum atomic E-state index is 0.492. The second-order valence-electron chi connectivity index (χ2n) is 2.79. The largest absolute Gasteiger partial charge is 0.383 e. The number of anilines is 2. The number of hydrogen-bond donors (Lipinski definition) is 2. The van der Waals surface area contributed by atoms with E-state index in [2.05, 4.69) is 16.9 Å². The zero-order chi connectivity index (χ0) is 9.14. The van der Waals surface area contributed by atoms with Gasteiger partial charge < -0.3 is 11.5 Å². The van der Waals surface area contributed by atoms with Crippen molar-refractivity contribution in [2.75, 3.05) is 11.5 Å². The van der Waals surface area contributed by atoms with Crippen LogP contribution in [0, 0.1) is 6.92 Å². The van der Waals surface area contributed by atoms with Crippen LogP contribution in [-0.2, 0) is 6.42 Å². The molecule has 0 aliphatic heterocycles. The molecule has 0 fully saturated rings. The second kappa shape index (κ2) is 3.38. The summed E-state index contributed by atoms with van der Waals surface area (Å²) in [7, 11) is 0. The SMILES string of the molecule is CCCc1nc(N)c(C)c(N)n1. The average molecular weight is 166 g/mol. The van der Waals surface area contributed by atoms with Gasteiger partial charge in [0.25, 0.3) is 0 Å². The van der Waals surface area contributed by atoms with Gasteiger partial charge in [0.1, 0.15) is 17.5 Å². The second-order valence-corrected chi connectivity index (χ2v) is 2.79. The summed E-state index contributed by atoms with van der Waals surface area (Å²) in [5.41, 5.74) is 12.0. The van der Waals surface area contributed by atoms with Gasteiger partial charge in [-0.05, 0) is 13.3 Å². The quantitative estimate of drug-likeness (QED) is 0.684. The molecule has 0 aromatic carbocycles. The Balaban J connectivity index is 3.04. The van der Waals surface area contributed by atoms with E-state index in [0.717, 1.165) is 24.2 Å². The predicted octanol–water partition coefficient (Wildman–Crippen LogP) is 0.902. The molecular formula is C8H14N4. The van der Waals surface area contributed by atoms with E-state index in [4.69, 9.17) is 11.5 Å². The summed E-state index contributed by atoms with van der Waals surface area (Å²) < 4.78 is 0. The third-order valence-corrected chi connectivity index (χ3v) is 1.74. The number of hydrogen-bond acceptors (Lipinski definition) is 4. The van der Waals surface area contributed by atoms with Crippen molar-refractivity contribution in [3.63, 3.8) is 0 Å². The van der Waals surface area contributed by atoms with E-state index >= 15 is 0 Å². The van der Waals surface area contributed by atoms with Crippen molar-refractivity contribution >= 4 is 11.6 Å². The van der Waals surface area contributed by atoms with E-state index in [1.807, 2.05) is 6.92 Å². The summed E-state index contributed by atoms with van der Waals surface area (Å²) in [6, 6.07) is 0. The first-order valence-electron chi connectivity index (χ1n) is 4.03. The topological polar surface area (TPSA) is 77.8 Å². The first kappa shape index (κ1) is 8.77. The van der Waals surface area contributed by atoms with Crippen molar-refractivity contribution in [2.24, 2.45) is 0 Å². The van der Waals surface area contributed by atoms with Crippen LogP contribution in [0.25, 0.3) is 0 Å². The zero-order valence-electron chi connectivity index (χ0n) is 7.46. The summed E-state index contributed by atoms with van der Waals surface area (Å²) in [6.45, 7) is 3.88. The van der Waals surface area contributed by atoms with Crippen molar-refractivity contribution < 1.29 is 0 Å². The number of nitrogen functional groups attached to an aromatic ring is 2. The van der Waals surface area contributed by atoms with Gasteiger partial charge in [0.05, 0.1) is 0 Å². The summed E-state index contributed by atoms with van der Waals surface area (Å²) in [5.74, 6) is 1.72. The molecule has 4 nitrogen and oxygen atoms in total. The molecule has 1 aromatic rings. The highest BCUT2D eigenvalue weighted by atomic mass is 15.0. The van der Waals surface area contributed by atoms with Crippen LogP contribution in [0.1, 0.15) is 24.7 Å². The number of nitrogens with zero attached hydrogens (tertiary/aromatic N) is 2. The maximum absolute atomic E-state index is 5.62. The molecule has 0 spiro atoms. The molecule has 1 rings (SSSR count). The van der Waals surface area contributed by atoms with Crippen LogP contribution in [-0.4, -0.2) is 9.97 Å². The maximum Gasteiger partial charge on any atom is 0.133 e. The third kappa shape index (κ3) is 1.64. The van der Waals surface area contributed by atoms with Gasteiger partial charge in [-0.3, -0.25) is 0 Å². The van der Waals surface area contributed by atoms with E-state index in [-0.39, 0.29) is 0 Å². The van der Waals surface area contributed by atoms with Crippen molar-refractivity contribution in [3.05, 3.63) is 11.4 Å². The molecule has 4 N–H and O–H groups in total. The van der Waals surface area contributed by atoms with Gasteiger partial charge in [-0.2, -0.15) is 0 Å². The lowest BCUT2D eigenvalue weighted by Crippen LogP contribution is -2.06. The van der Waals surface area contributed by atoms with E-state index < -0.39 is 0 Å². The number of nitrogens with two attached hydrogens (primary N) is 2. The van der Waals surface area contributed by atoms with Crippen LogP contribution in [0.2, 0.25) is 0 Å². The summed E-state index contributed by atoms with van der Waals surface area (Å²) in [6.07, 6.45) is 1.83. The van der Waals surface area contributed by atoms with Crippen LogP contribution in [0.3, 0.4) is 0 Å². The average Bonchev–Trinajstić information content (AvgIpc) is 2.01. The van der Waals surface area contributed by atoms with Gasteiger partial charge >= 0.3 is 0 Å². The highest BCUT2D eigenvalue weighted by Gasteiger charge is 2.04. The molecule has 0 unspecified atom stereocenters. The molecule has 0 atom stereocenters. The van der Waals surface area contributed by atoms with Gasteiger partial charge in [0.2, 0.25) is 0 Å². The zero-order valence-corrected chi connectivity index (χ0v) is 7.46. The molecule has 12 heavy (non-hydrogen) atoms. The Morgan fingerprint density at radius 1 is 1.17 bits per heavy atom. The highest BCUT2D eigenvalue weighted by Crippen LogP contribution is 2.13. The van der Waals surface area contributed by atoms with Gasteiger partial charge in [-0.1, -0.05) is 6.92 Å². The van der Waals surface area contributed by atoms with Gasteiger partial charge in [-0.15, -0.1) is 0 Å². The number of aromatic nitrogens is 2. The fourth-order valence-corrected chi connectivity index (χ4v) is 0.937. The lowest BCUT2D eigenvalue weighted by molar-refractivity contribution is 0.837. The standard InChI is InChI=1S/C8H14N4/c1-3-4-6-11-7(9)5(2)8(10)12-6/h3-4H2,1-2H3,(H4,9,10,11,12). The normalized spacial score (nSPS) is 10.2. The van der Waals surface area contributed by atoms with Crippen molar-refractivity contribution in [3.8, 4) is 0 Å². The first-order chi connectivity index (χ1) is 5.65. The monoisotopic (exact) mass is 166 g/mol. The molecule has 1 heterocycles. The molecule has 0 aliphatic rings. The van der Waals surface area contributed by atoms with E-state index in [9.17, 15) is 0 Å². The molecule has 0 saturated heterocycles. The Labute approximate surface area is 72.0 Å². The number of aryl methyl sites for hydroxylation is 1. The van der Waals surface area contributed by atoms with Crippen molar-refractivity contribution in [1.82, 2.24) is 9.97 Å². The molecule has 0 amide bonds. The van der Waals surface area contributed by atoms with Crippen LogP contribution >= 0.6 is 0 Å². The lowest BCUT2D eigenvalue weighted by Gasteiger charge is -2.04. The lowest BCUT2D eigenvalue weighted by atomic mass is 10.3. The molecule has 0 bridgehead atoms. The van der Waals surface area contributed by atoms with Gasteiger partial charge in [0, 0.05) is 12.0 Å². The molecular weight excluding hydrogens is 152 g/mol. The van der Waals surface area contributed by atoms with E-state index in [0.29, 0.717) is 11.6 Å². The van der Waals surface area contributed by atoms with Crippen LogP contribution < -0.4 is 11.5 Å². The minimum absolute atomic E-state index is 0.492. The maximum atomic E-state index is 5.62. The van der Waals surface area contributed by atoms with Gasteiger partial charge in [0.15, 0.2) is 0 Å². The van der Waals surface area contributed by atoms with E-state index in [1.54, 1.807) is 0 Å². The van der Waals surface area contributed by atoms with Crippen LogP contribution in [0.4, 0.5) is 11.6 Å². The van der Waals surface area contributed by atoms with Crippen molar-refractivity contribution in [1.29, 1.82) is 0 Å². The fraction of sp³-hybridized carbons (Fsp3) is 0.500. The highest BCUT2D eigenvalue weighted by molar-refractivity contribution is 5.51. The minimum Gasteiger partial charge on any atom is -0.383 e. The first-order valence-corrected chi connectivity index (χ1v) is 4.03. The molecule has 0 saturated carbocycles. The molecule has 0 aliphatic carbocycles. The smallest absolute Gasteiger partial charge is 0.133 e. The Morgan fingerprint density at radius 2 is 1.67 bits per heavy atom. The Hall–Kier alpha value is -1.32. The summed E-state index contributed by atoms with van der Waals surface area (Å²) in [4.78, 5) is 8.22. The Kier molecular flexibility index (Phi) is 2.47. The predicted molar refractivity (Wildman–Crippen MR) is 49.6 cm³/mol. The molecule has 0 radical (unpaired) electrons. The van der Waals surface area contributed by atoms with Gasteiger partial charge in [-0.25, -0.2) is 9.97 Å². The summed E-state index contributed by atoms with van der Waals surface area (Å²) >= 11 is 0. The molecule has 66 valence electrons. The third-order valence-electron chi connectivity index (χ3n) is 1.74. The molecule has 1 aromatic heterocycles. The molecule has 4 heteroatoms. The van der Waals surface area contributed by atoms with Crippen LogP contribution in [0.5, 0.6) is 0 Å².